The van der Waals surface area contributed by atoms with Crippen LogP contribution in [0.25, 0.3) is 0 Å². The number of nitrogens with zero attached hydrogens (tertiary/aromatic N) is 1. The van der Waals surface area contributed by atoms with Crippen LogP contribution in [0.1, 0.15) is 10.4 Å². The van der Waals surface area contributed by atoms with E-state index in [0.717, 1.165) is 0 Å². The number of hydrogen-bond donors (Lipinski definition) is 2. The maximum atomic E-state index is 10.7. The van der Waals surface area contributed by atoms with Crippen molar-refractivity contribution in [2.45, 2.75) is 0 Å². The third kappa shape index (κ3) is 2.14. The highest BCUT2D eigenvalue weighted by Crippen LogP contribution is 2.21. The van der Waals surface area contributed by atoms with Gasteiger partial charge in [0, 0.05) is 5.69 Å². The van der Waals surface area contributed by atoms with Gasteiger partial charge in [-0.2, -0.15) is 5.26 Å². The Kier molecular flexibility index (Phi) is 2.92. The van der Waals surface area contributed by atoms with Crippen LogP contribution >= 0.6 is 0 Å². The minimum absolute atomic E-state index is 0.0414. The predicted octanol–water partition coefficient (Wildman–Crippen LogP) is 0.869. The van der Waals surface area contributed by atoms with Crippen LogP contribution in [0.15, 0.2) is 18.2 Å². The number of nitrogen functional groups attached to an aromatic ring is 1. The number of aromatic carboxylic acids is 1. The molecule has 0 aromatic heterocycles. The van der Waals surface area contributed by atoms with Gasteiger partial charge in [-0.1, -0.05) is 0 Å². The smallest absolute Gasteiger partial charge is 0.339 e. The SMILES string of the molecule is N#CCOc1ccc(N)cc1C(=O)O. The molecule has 0 heterocycles. The Balaban J connectivity index is 3.03. The fraction of sp³-hybridized carbons (Fsp3) is 0.111. The zero-order valence-electron chi connectivity index (χ0n) is 7.23. The lowest BCUT2D eigenvalue weighted by Crippen LogP contribution is -2.04. The van der Waals surface area contributed by atoms with Crippen LogP contribution in [0.5, 0.6) is 5.75 Å². The summed E-state index contributed by atoms with van der Waals surface area (Å²) in [5, 5.41) is 17.0. The average Bonchev–Trinajstić information content (AvgIpc) is 2.15. The zero-order valence-corrected chi connectivity index (χ0v) is 7.23. The maximum Gasteiger partial charge on any atom is 0.339 e. The van der Waals surface area contributed by atoms with Crippen LogP contribution in [0.4, 0.5) is 5.69 Å². The second-order valence-electron chi connectivity index (χ2n) is 2.51. The van der Waals surface area contributed by atoms with Crippen LogP contribution in [-0.2, 0) is 0 Å². The summed E-state index contributed by atoms with van der Waals surface area (Å²) in [5.41, 5.74) is 5.71. The molecular weight excluding hydrogens is 184 g/mol. The summed E-state index contributed by atoms with van der Waals surface area (Å²) in [5.74, 6) is -0.988. The van der Waals surface area contributed by atoms with E-state index in [9.17, 15) is 4.79 Å². The Hall–Kier alpha value is -2.22. The number of carboxylic acid groups (broad SMARTS) is 1. The van der Waals surface area contributed by atoms with Crippen molar-refractivity contribution in [3.05, 3.63) is 23.8 Å². The summed E-state index contributed by atoms with van der Waals surface area (Å²) >= 11 is 0. The number of hydrogen-bond acceptors (Lipinski definition) is 4. The molecule has 0 bridgehead atoms. The van der Waals surface area contributed by atoms with Gasteiger partial charge in [-0.15, -0.1) is 0 Å². The van der Waals surface area contributed by atoms with Crippen molar-refractivity contribution in [2.75, 3.05) is 12.3 Å². The van der Waals surface area contributed by atoms with E-state index in [-0.39, 0.29) is 17.9 Å². The minimum atomic E-state index is -1.13. The van der Waals surface area contributed by atoms with Crippen molar-refractivity contribution >= 4 is 11.7 Å². The Morgan fingerprint density at radius 3 is 2.93 bits per heavy atom. The Morgan fingerprint density at radius 1 is 1.64 bits per heavy atom. The normalized spacial score (nSPS) is 9.07. The van der Waals surface area contributed by atoms with Crippen LogP contribution in [0.2, 0.25) is 0 Å². The van der Waals surface area contributed by atoms with Crippen molar-refractivity contribution in [1.29, 1.82) is 5.26 Å². The first kappa shape index (κ1) is 9.86. The monoisotopic (exact) mass is 192 g/mol. The first-order valence-corrected chi connectivity index (χ1v) is 3.77. The molecule has 5 nitrogen and oxygen atoms in total. The molecule has 0 amide bonds. The molecule has 0 spiro atoms. The van der Waals surface area contributed by atoms with Crippen LogP contribution in [0.3, 0.4) is 0 Å². The number of benzene rings is 1. The number of ether oxygens (including phenoxy) is 1. The second kappa shape index (κ2) is 4.14. The molecule has 0 fully saturated rings. The van der Waals surface area contributed by atoms with Crippen LogP contribution < -0.4 is 10.5 Å². The highest BCUT2D eigenvalue weighted by Gasteiger charge is 2.11. The van der Waals surface area contributed by atoms with E-state index in [2.05, 4.69) is 0 Å². The number of carbonyl (C=O) groups is 1. The summed E-state index contributed by atoms with van der Waals surface area (Å²) in [4.78, 5) is 10.7. The van der Waals surface area contributed by atoms with Gasteiger partial charge in [0.1, 0.15) is 17.4 Å². The summed E-state index contributed by atoms with van der Waals surface area (Å²) < 4.78 is 4.91. The van der Waals surface area contributed by atoms with Gasteiger partial charge < -0.3 is 15.6 Å². The minimum Gasteiger partial charge on any atom is -0.478 e. The Bertz CT molecular complexity index is 396. The first-order chi connectivity index (χ1) is 6.65. The molecule has 0 radical (unpaired) electrons. The van der Waals surface area contributed by atoms with Crippen molar-refractivity contribution in [3.63, 3.8) is 0 Å². The van der Waals surface area contributed by atoms with E-state index in [1.165, 1.54) is 18.2 Å². The number of nitriles is 1. The molecule has 0 unspecified atom stereocenters. The number of rotatable bonds is 3. The molecule has 1 aromatic rings. The fourth-order valence-electron chi connectivity index (χ4n) is 0.951. The molecule has 0 aliphatic heterocycles. The van der Waals surface area contributed by atoms with Crippen LogP contribution in [0, 0.1) is 11.3 Å². The van der Waals surface area contributed by atoms with E-state index in [1.54, 1.807) is 6.07 Å². The molecular formula is C9H8N2O3. The van der Waals surface area contributed by atoms with Gasteiger partial charge in [0.15, 0.2) is 6.61 Å². The largest absolute Gasteiger partial charge is 0.478 e. The van der Waals surface area contributed by atoms with E-state index in [1.807, 2.05) is 0 Å². The Morgan fingerprint density at radius 2 is 2.36 bits per heavy atom. The number of carboxylic acids is 1. The predicted molar refractivity (Wildman–Crippen MR) is 48.9 cm³/mol. The van der Waals surface area contributed by atoms with Gasteiger partial charge in [0.2, 0.25) is 0 Å². The lowest BCUT2D eigenvalue weighted by atomic mass is 10.2. The molecule has 0 saturated heterocycles. The summed E-state index contributed by atoms with van der Waals surface area (Å²) in [6, 6.07) is 5.98. The van der Waals surface area contributed by atoms with Gasteiger partial charge in [0.25, 0.3) is 0 Å². The molecule has 5 heteroatoms. The fourth-order valence-corrected chi connectivity index (χ4v) is 0.951. The maximum absolute atomic E-state index is 10.7. The second-order valence-corrected chi connectivity index (χ2v) is 2.51. The van der Waals surface area contributed by atoms with Gasteiger partial charge in [-0.05, 0) is 18.2 Å². The molecule has 3 N–H and O–H groups in total. The molecule has 1 rings (SSSR count). The van der Waals surface area contributed by atoms with Gasteiger partial charge in [0.05, 0.1) is 0 Å². The summed E-state index contributed by atoms with van der Waals surface area (Å²) in [6.45, 7) is -0.190. The van der Waals surface area contributed by atoms with E-state index in [4.69, 9.17) is 20.8 Å². The quantitative estimate of drug-likeness (QED) is 0.692. The van der Waals surface area contributed by atoms with E-state index >= 15 is 0 Å². The Labute approximate surface area is 80.3 Å². The molecule has 0 aliphatic carbocycles. The van der Waals surface area contributed by atoms with Crippen molar-refractivity contribution < 1.29 is 14.6 Å². The van der Waals surface area contributed by atoms with Crippen molar-refractivity contribution in [2.24, 2.45) is 0 Å². The lowest BCUT2D eigenvalue weighted by Gasteiger charge is -2.05. The third-order valence-electron chi connectivity index (χ3n) is 1.53. The van der Waals surface area contributed by atoms with Gasteiger partial charge in [-0.3, -0.25) is 0 Å². The van der Waals surface area contributed by atoms with Gasteiger partial charge in [-0.25, -0.2) is 4.79 Å². The van der Waals surface area contributed by atoms with E-state index in [0.29, 0.717) is 5.69 Å². The molecule has 0 aliphatic rings. The standard InChI is InChI=1S/C9H8N2O3/c10-3-4-14-8-2-1-6(11)5-7(8)9(12)13/h1-2,5H,4,11H2,(H,12,13). The summed E-state index contributed by atoms with van der Waals surface area (Å²) in [7, 11) is 0. The first-order valence-electron chi connectivity index (χ1n) is 3.77. The highest BCUT2D eigenvalue weighted by atomic mass is 16.5. The molecule has 0 saturated carbocycles. The lowest BCUT2D eigenvalue weighted by molar-refractivity contribution is 0.0693. The number of anilines is 1. The van der Waals surface area contributed by atoms with Crippen molar-refractivity contribution in [3.8, 4) is 11.8 Å². The van der Waals surface area contributed by atoms with Gasteiger partial charge >= 0.3 is 5.97 Å². The topological polar surface area (TPSA) is 96.3 Å². The average molecular weight is 192 g/mol. The molecule has 0 atom stereocenters. The molecule has 1 aromatic carbocycles. The molecule has 14 heavy (non-hydrogen) atoms. The number of nitrogens with two attached hydrogens (primary N) is 1. The van der Waals surface area contributed by atoms with Crippen molar-refractivity contribution in [1.82, 2.24) is 0 Å². The van der Waals surface area contributed by atoms with Crippen LogP contribution in [-0.4, -0.2) is 17.7 Å². The zero-order chi connectivity index (χ0) is 10.6. The molecule has 72 valence electrons. The third-order valence-corrected chi connectivity index (χ3v) is 1.53. The summed E-state index contributed by atoms with van der Waals surface area (Å²) in [6.07, 6.45) is 0. The van der Waals surface area contributed by atoms with E-state index < -0.39 is 5.97 Å². The highest BCUT2D eigenvalue weighted by molar-refractivity contribution is 5.92.